The third-order valence-corrected chi connectivity index (χ3v) is 11.7. The topological polar surface area (TPSA) is 173 Å². The van der Waals surface area contributed by atoms with Gasteiger partial charge in [-0.25, -0.2) is 15.0 Å². The van der Waals surface area contributed by atoms with Crippen molar-refractivity contribution in [1.29, 1.82) is 0 Å². The zero-order chi connectivity index (χ0) is 42.7. The van der Waals surface area contributed by atoms with Crippen LogP contribution >= 0.6 is 0 Å². The first kappa shape index (κ1) is 41.4. The Balaban J connectivity index is 0.000000158. The lowest BCUT2D eigenvalue weighted by Gasteiger charge is -2.37. The minimum atomic E-state index is -0.515. The fourth-order valence-electron chi connectivity index (χ4n) is 8.21. The molecule has 1 N–H and O–H groups in total. The van der Waals surface area contributed by atoms with Crippen molar-refractivity contribution in [3.05, 3.63) is 77.2 Å². The van der Waals surface area contributed by atoms with E-state index in [9.17, 15) is 9.18 Å². The van der Waals surface area contributed by atoms with Gasteiger partial charge < -0.3 is 43.5 Å². The summed E-state index contributed by atoms with van der Waals surface area (Å²) < 4.78 is 35.7. The molecule has 6 aromatic heterocycles. The minimum absolute atomic E-state index is 0.140. The molecule has 0 bridgehead atoms. The van der Waals surface area contributed by atoms with Crippen molar-refractivity contribution in [2.45, 2.75) is 51.9 Å². The predicted molar refractivity (Wildman–Crippen MR) is 234 cm³/mol. The molecule has 0 unspecified atom stereocenters. The quantitative estimate of drug-likeness (QED) is 0.232. The maximum absolute atomic E-state index is 13.3. The van der Waals surface area contributed by atoms with E-state index < -0.39 is 5.95 Å². The van der Waals surface area contributed by atoms with Crippen molar-refractivity contribution in [2.75, 3.05) is 98.6 Å². The van der Waals surface area contributed by atoms with Gasteiger partial charge in [0.05, 0.1) is 99.2 Å². The Kier molecular flexibility index (Phi) is 12.1. The number of pyridine rings is 4. The largest absolute Gasteiger partial charge is 0.377 e. The number of nitrogens with zero attached hydrogens (tertiary/aromatic N) is 11. The molecule has 0 radical (unpaired) electrons. The number of fused-ring (bicyclic) bond motifs is 2. The summed E-state index contributed by atoms with van der Waals surface area (Å²) in [4.78, 5) is 56.1. The van der Waals surface area contributed by atoms with Crippen molar-refractivity contribution in [2.24, 2.45) is 0 Å². The molecule has 0 amide bonds. The maximum Gasteiger partial charge on any atom is 0.247 e. The van der Waals surface area contributed by atoms with E-state index in [0.717, 1.165) is 65.4 Å². The summed E-state index contributed by atoms with van der Waals surface area (Å²) in [6, 6.07) is 14.9. The van der Waals surface area contributed by atoms with Crippen LogP contribution in [0.1, 0.15) is 27.7 Å². The molecule has 17 nitrogen and oxygen atoms in total. The summed E-state index contributed by atoms with van der Waals surface area (Å²) in [5, 5.41) is 1.80. The van der Waals surface area contributed by atoms with E-state index in [4.69, 9.17) is 48.9 Å². The highest BCUT2D eigenvalue weighted by Gasteiger charge is 2.29. The van der Waals surface area contributed by atoms with Gasteiger partial charge in [-0.2, -0.15) is 24.3 Å². The molecule has 62 heavy (non-hydrogen) atoms. The maximum atomic E-state index is 13.3. The van der Waals surface area contributed by atoms with Gasteiger partial charge in [-0.05, 0) is 70.2 Å². The zero-order valence-corrected chi connectivity index (χ0v) is 35.4. The number of H-pyrrole nitrogens is 1. The fourth-order valence-corrected chi connectivity index (χ4v) is 8.21. The standard InChI is InChI=1S/C22H25FN6O2.C22H26N6O3/c1-14-12-30-9-7-28(14)21-17-4-5-18(16-3-6-19(23)24-11-16)25-20(17)26-22(27-21)29-8-10-31-13-15(29)2;1-14-12-30-9-7-27(14)21-17-4-5-18(16-3-6-19(29)23-11-16)24-20(17)25-22(26-21)28-8-10-31-13-15(28)2/h3-6,11,14-15H,7-10,12-13H2,1-2H3;3-6,11,14-15H,7-10,12-13H2,1-2H3,(H,23,29)/t2*14-,15-/m00/s1. The highest BCUT2D eigenvalue weighted by atomic mass is 19.1. The summed E-state index contributed by atoms with van der Waals surface area (Å²) in [7, 11) is 0. The summed E-state index contributed by atoms with van der Waals surface area (Å²) in [5.74, 6) is 2.56. The first-order chi connectivity index (χ1) is 30.2. The number of morpholine rings is 4. The molecule has 4 saturated heterocycles. The number of aromatic amines is 1. The first-order valence-electron chi connectivity index (χ1n) is 21.3. The lowest BCUT2D eigenvalue weighted by molar-refractivity contribution is 0.0972. The fraction of sp³-hybridized carbons (Fsp3) is 0.455. The summed E-state index contributed by atoms with van der Waals surface area (Å²) in [6.07, 6.45) is 3.16. The molecular weight excluding hydrogens is 796 g/mol. The molecule has 0 aromatic carbocycles. The SMILES string of the molecule is C[C@H]1COCCN1c1nc(N2CCOC[C@@H]2C)c2ccc(-c3ccc(=O)[nH]c3)nc2n1.C[C@H]1COCCN1c1nc(N2CCOC[C@@H]2C)c2ccc(-c3ccc(F)nc3)nc2n1. The van der Waals surface area contributed by atoms with Crippen LogP contribution in [0.4, 0.5) is 27.9 Å². The summed E-state index contributed by atoms with van der Waals surface area (Å²) in [5.41, 5.74) is 4.14. The van der Waals surface area contributed by atoms with Gasteiger partial charge >= 0.3 is 0 Å². The van der Waals surface area contributed by atoms with Gasteiger partial charge in [0, 0.05) is 55.8 Å². The van der Waals surface area contributed by atoms with Crippen LogP contribution in [-0.4, -0.2) is 143 Å². The van der Waals surface area contributed by atoms with Crippen molar-refractivity contribution in [3.63, 3.8) is 0 Å². The van der Waals surface area contributed by atoms with Crippen LogP contribution in [0.2, 0.25) is 0 Å². The van der Waals surface area contributed by atoms with Gasteiger partial charge in [0.25, 0.3) is 0 Å². The highest BCUT2D eigenvalue weighted by molar-refractivity contribution is 5.91. The van der Waals surface area contributed by atoms with Gasteiger partial charge in [0.15, 0.2) is 11.3 Å². The number of anilines is 4. The number of hydrogen-bond acceptors (Lipinski definition) is 16. The molecule has 4 fully saturated rings. The van der Waals surface area contributed by atoms with E-state index in [1.807, 2.05) is 24.3 Å². The second kappa shape index (κ2) is 18.2. The van der Waals surface area contributed by atoms with Crippen LogP contribution in [0.5, 0.6) is 0 Å². The third-order valence-electron chi connectivity index (χ3n) is 11.7. The Labute approximate surface area is 358 Å². The van der Waals surface area contributed by atoms with Crippen LogP contribution in [0.3, 0.4) is 0 Å². The van der Waals surface area contributed by atoms with Crippen LogP contribution in [0, 0.1) is 5.95 Å². The van der Waals surface area contributed by atoms with E-state index in [-0.39, 0.29) is 29.7 Å². The molecule has 6 aromatic rings. The van der Waals surface area contributed by atoms with Crippen LogP contribution in [0.15, 0.2) is 65.7 Å². The van der Waals surface area contributed by atoms with Crippen molar-refractivity contribution >= 4 is 45.6 Å². The van der Waals surface area contributed by atoms with Crippen molar-refractivity contribution in [1.82, 2.24) is 39.9 Å². The Morgan fingerprint density at radius 3 is 1.42 bits per heavy atom. The monoisotopic (exact) mass is 846 g/mol. The van der Waals surface area contributed by atoms with E-state index >= 15 is 0 Å². The Bertz CT molecular complexity index is 2560. The molecule has 10 heterocycles. The number of aromatic nitrogens is 8. The normalized spacial score (nSPS) is 22.1. The number of halogens is 1. The third kappa shape index (κ3) is 8.72. The zero-order valence-electron chi connectivity index (χ0n) is 35.4. The highest BCUT2D eigenvalue weighted by Crippen LogP contribution is 2.33. The van der Waals surface area contributed by atoms with Crippen LogP contribution in [0.25, 0.3) is 44.6 Å². The van der Waals surface area contributed by atoms with Gasteiger partial charge in [-0.1, -0.05) is 0 Å². The molecular formula is C44H51FN12O5. The Morgan fingerprint density at radius 2 is 1.00 bits per heavy atom. The van der Waals surface area contributed by atoms with Crippen molar-refractivity contribution < 1.29 is 23.3 Å². The second-order valence-electron chi connectivity index (χ2n) is 16.1. The van der Waals surface area contributed by atoms with E-state index in [1.165, 1.54) is 18.3 Å². The molecule has 0 saturated carbocycles. The number of hydrogen-bond donors (Lipinski definition) is 1. The molecule has 4 atom stereocenters. The molecule has 10 rings (SSSR count). The van der Waals surface area contributed by atoms with Crippen molar-refractivity contribution in [3.8, 4) is 22.5 Å². The second-order valence-corrected chi connectivity index (χ2v) is 16.1. The van der Waals surface area contributed by atoms with Gasteiger partial charge in [-0.15, -0.1) is 0 Å². The van der Waals surface area contributed by atoms with Gasteiger partial charge in [0.1, 0.15) is 11.6 Å². The van der Waals surface area contributed by atoms with Crippen LogP contribution in [-0.2, 0) is 18.9 Å². The minimum Gasteiger partial charge on any atom is -0.377 e. The molecule has 0 spiro atoms. The van der Waals surface area contributed by atoms with E-state index in [2.05, 4.69) is 57.3 Å². The summed E-state index contributed by atoms with van der Waals surface area (Å²) in [6.45, 7) is 16.7. The number of nitrogens with one attached hydrogen (secondary N) is 1. The molecule has 4 aliphatic rings. The van der Waals surface area contributed by atoms with Crippen LogP contribution < -0.4 is 25.2 Å². The number of ether oxygens (including phenoxy) is 4. The average Bonchev–Trinajstić information content (AvgIpc) is 3.29. The average molecular weight is 847 g/mol. The molecule has 0 aliphatic carbocycles. The lowest BCUT2D eigenvalue weighted by Crippen LogP contribution is -2.46. The molecule has 324 valence electrons. The van der Waals surface area contributed by atoms with E-state index in [0.29, 0.717) is 81.7 Å². The first-order valence-corrected chi connectivity index (χ1v) is 21.3. The lowest BCUT2D eigenvalue weighted by atomic mass is 10.1. The molecule has 18 heteroatoms. The smallest absolute Gasteiger partial charge is 0.247 e. The Morgan fingerprint density at radius 1 is 0.548 bits per heavy atom. The van der Waals surface area contributed by atoms with E-state index in [1.54, 1.807) is 18.3 Å². The Hall–Kier alpha value is -5.95. The summed E-state index contributed by atoms with van der Waals surface area (Å²) >= 11 is 0. The predicted octanol–water partition coefficient (Wildman–Crippen LogP) is 4.51. The number of rotatable bonds is 6. The molecule has 4 aliphatic heterocycles. The van der Waals surface area contributed by atoms with Gasteiger partial charge in [0.2, 0.25) is 23.4 Å². The van der Waals surface area contributed by atoms with Gasteiger partial charge in [-0.3, -0.25) is 4.79 Å².